The van der Waals surface area contributed by atoms with Crippen molar-refractivity contribution in [3.05, 3.63) is 60.7 Å². The largest absolute Gasteiger partial charge is 0.468 e. The van der Waals surface area contributed by atoms with E-state index in [9.17, 15) is 14.7 Å². The van der Waals surface area contributed by atoms with E-state index in [1.54, 1.807) is 0 Å². The molecular formula is C23H26N2O5. The number of carbonyl (C=O) groups excluding carboxylic acids is 2. The van der Waals surface area contributed by atoms with E-state index in [0.717, 1.165) is 11.4 Å². The summed E-state index contributed by atoms with van der Waals surface area (Å²) < 4.78 is 10.3. The molecule has 2 aromatic rings. The van der Waals surface area contributed by atoms with Crippen molar-refractivity contribution >= 4 is 23.3 Å². The predicted molar refractivity (Wildman–Crippen MR) is 112 cm³/mol. The summed E-state index contributed by atoms with van der Waals surface area (Å²) in [6, 6.07) is 19.2. The molecule has 1 N–H and O–H groups in total. The summed E-state index contributed by atoms with van der Waals surface area (Å²) >= 11 is 0. The molecule has 2 bridgehead atoms. The third-order valence-corrected chi connectivity index (χ3v) is 6.37. The Bertz CT molecular complexity index is 830. The van der Waals surface area contributed by atoms with Gasteiger partial charge < -0.3 is 24.4 Å². The molecular weight excluding hydrogens is 384 g/mol. The zero-order valence-corrected chi connectivity index (χ0v) is 17.2. The number of methoxy groups -OCH3 is 2. The van der Waals surface area contributed by atoms with Crippen LogP contribution in [-0.4, -0.2) is 63.5 Å². The number of para-hydroxylation sites is 2. The molecule has 0 aliphatic carbocycles. The lowest BCUT2D eigenvalue weighted by molar-refractivity contribution is -0.187. The number of fused-ring (bicyclic) bond motifs is 2. The molecule has 0 radical (unpaired) electrons. The van der Waals surface area contributed by atoms with Crippen molar-refractivity contribution in [2.75, 3.05) is 50.2 Å². The van der Waals surface area contributed by atoms with Gasteiger partial charge in [-0.25, -0.2) is 0 Å². The molecule has 7 nitrogen and oxygen atoms in total. The second-order valence-corrected chi connectivity index (χ2v) is 8.08. The first kappa shape index (κ1) is 20.2. The number of piperidine rings is 2. The Morgan fingerprint density at radius 1 is 0.767 bits per heavy atom. The van der Waals surface area contributed by atoms with Gasteiger partial charge in [-0.2, -0.15) is 0 Å². The van der Waals surface area contributed by atoms with Gasteiger partial charge in [0, 0.05) is 37.6 Å². The third-order valence-electron chi connectivity index (χ3n) is 6.37. The van der Waals surface area contributed by atoms with E-state index in [1.807, 2.05) is 70.5 Å². The van der Waals surface area contributed by atoms with Gasteiger partial charge in [0.25, 0.3) is 0 Å². The van der Waals surface area contributed by atoms with Crippen LogP contribution in [0.25, 0.3) is 0 Å². The van der Waals surface area contributed by atoms with E-state index in [4.69, 9.17) is 9.47 Å². The van der Waals surface area contributed by atoms with Crippen LogP contribution in [-0.2, 0) is 19.1 Å². The maximum absolute atomic E-state index is 13.1. The van der Waals surface area contributed by atoms with Crippen LogP contribution in [0.3, 0.4) is 0 Å². The summed E-state index contributed by atoms with van der Waals surface area (Å²) in [5, 5.41) is 11.5. The van der Waals surface area contributed by atoms with Crippen LogP contribution >= 0.6 is 0 Å². The molecule has 0 aromatic heterocycles. The molecule has 7 heteroatoms. The van der Waals surface area contributed by atoms with Gasteiger partial charge in [-0.1, -0.05) is 36.4 Å². The van der Waals surface area contributed by atoms with E-state index < -0.39 is 28.9 Å². The lowest BCUT2D eigenvalue weighted by Gasteiger charge is -2.59. The van der Waals surface area contributed by atoms with Gasteiger partial charge in [-0.3, -0.25) is 9.59 Å². The molecule has 2 heterocycles. The Kier molecular flexibility index (Phi) is 5.15. The fraction of sp³-hybridized carbons (Fsp3) is 0.391. The van der Waals surface area contributed by atoms with E-state index in [0.29, 0.717) is 0 Å². The minimum Gasteiger partial charge on any atom is -0.468 e. The van der Waals surface area contributed by atoms with E-state index in [2.05, 4.69) is 0 Å². The molecule has 0 amide bonds. The van der Waals surface area contributed by atoms with Gasteiger partial charge in [-0.05, 0) is 24.3 Å². The molecule has 0 saturated carbocycles. The zero-order valence-electron chi connectivity index (χ0n) is 17.2. The molecule has 4 rings (SSSR count). The van der Waals surface area contributed by atoms with Crippen LogP contribution in [0.15, 0.2) is 60.7 Å². The fourth-order valence-electron chi connectivity index (χ4n) is 4.98. The summed E-state index contributed by atoms with van der Waals surface area (Å²) in [7, 11) is 2.62. The Labute approximate surface area is 175 Å². The highest BCUT2D eigenvalue weighted by Crippen LogP contribution is 2.49. The molecule has 2 aliphatic rings. The maximum atomic E-state index is 13.1. The van der Waals surface area contributed by atoms with Crippen LogP contribution in [0, 0.1) is 10.8 Å². The average Bonchev–Trinajstić information content (AvgIpc) is 2.79. The number of rotatable bonds is 4. The van der Waals surface area contributed by atoms with Crippen molar-refractivity contribution in [2.24, 2.45) is 10.8 Å². The van der Waals surface area contributed by atoms with Gasteiger partial charge in [0.2, 0.25) is 0 Å². The van der Waals surface area contributed by atoms with Crippen molar-refractivity contribution in [2.45, 2.75) is 6.10 Å². The summed E-state index contributed by atoms with van der Waals surface area (Å²) in [4.78, 5) is 30.2. The van der Waals surface area contributed by atoms with Gasteiger partial charge in [0.05, 0.1) is 20.3 Å². The Balaban J connectivity index is 1.86. The van der Waals surface area contributed by atoms with Gasteiger partial charge in [0.15, 0.2) is 0 Å². The Hall–Kier alpha value is -3.06. The second-order valence-electron chi connectivity index (χ2n) is 8.08. The number of ether oxygens (including phenoxy) is 2. The highest BCUT2D eigenvalue weighted by Gasteiger charge is 2.67. The minimum absolute atomic E-state index is 0.229. The average molecular weight is 410 g/mol. The quantitative estimate of drug-likeness (QED) is 0.769. The fourth-order valence-corrected chi connectivity index (χ4v) is 4.98. The molecule has 2 saturated heterocycles. The van der Waals surface area contributed by atoms with Gasteiger partial charge >= 0.3 is 11.9 Å². The predicted octanol–water partition coefficient (Wildman–Crippen LogP) is 1.71. The lowest BCUT2D eigenvalue weighted by atomic mass is 9.60. The SMILES string of the molecule is COC(=O)C12CN(c3ccccc3)CC(C(=O)OC)(CN(c3ccccc3)C1)C2O. The number of aliphatic hydroxyl groups excluding tert-OH is 1. The summed E-state index contributed by atoms with van der Waals surface area (Å²) in [6.45, 7) is 0.916. The molecule has 0 unspecified atom stereocenters. The third kappa shape index (κ3) is 3.01. The zero-order chi connectivity index (χ0) is 21.4. The van der Waals surface area contributed by atoms with Crippen LogP contribution in [0.5, 0.6) is 0 Å². The molecule has 158 valence electrons. The summed E-state index contributed by atoms with van der Waals surface area (Å²) in [6.07, 6.45) is -1.23. The monoisotopic (exact) mass is 410 g/mol. The number of hydrogen-bond acceptors (Lipinski definition) is 7. The second kappa shape index (κ2) is 7.65. The Morgan fingerprint density at radius 3 is 1.40 bits per heavy atom. The number of aliphatic hydroxyl groups is 1. The normalized spacial score (nSPS) is 28.0. The molecule has 0 atom stereocenters. The first-order chi connectivity index (χ1) is 14.5. The minimum atomic E-state index is -1.31. The molecule has 2 fully saturated rings. The van der Waals surface area contributed by atoms with Crippen LogP contribution in [0.1, 0.15) is 0 Å². The lowest BCUT2D eigenvalue weighted by Crippen LogP contribution is -2.76. The topological polar surface area (TPSA) is 79.3 Å². The molecule has 2 aliphatic heterocycles. The molecule has 2 aromatic carbocycles. The number of nitrogens with zero attached hydrogens (tertiary/aromatic N) is 2. The van der Waals surface area contributed by atoms with Crippen LogP contribution < -0.4 is 9.80 Å². The van der Waals surface area contributed by atoms with Crippen LogP contribution in [0.2, 0.25) is 0 Å². The standard InChI is InChI=1S/C23H26N2O5/c1-29-20(27)22-13-24(17-9-5-3-6-10-17)15-23(19(22)26,21(28)30-2)16-25(14-22)18-11-7-4-8-12-18/h3-12,19,26H,13-16H2,1-2H3. The van der Waals surface area contributed by atoms with Crippen molar-refractivity contribution in [3.63, 3.8) is 0 Å². The number of carbonyl (C=O) groups is 2. The summed E-state index contributed by atoms with van der Waals surface area (Å²) in [5.41, 5.74) is -0.880. The Morgan fingerprint density at radius 2 is 1.10 bits per heavy atom. The maximum Gasteiger partial charge on any atom is 0.318 e. The first-order valence-electron chi connectivity index (χ1n) is 9.92. The van der Waals surface area contributed by atoms with Crippen molar-refractivity contribution in [3.8, 4) is 0 Å². The molecule has 30 heavy (non-hydrogen) atoms. The van der Waals surface area contributed by atoms with Gasteiger partial charge in [0.1, 0.15) is 10.8 Å². The van der Waals surface area contributed by atoms with Crippen molar-refractivity contribution < 1.29 is 24.2 Å². The van der Waals surface area contributed by atoms with E-state index in [1.165, 1.54) is 14.2 Å². The number of anilines is 2. The molecule has 0 spiro atoms. The van der Waals surface area contributed by atoms with Crippen molar-refractivity contribution in [1.29, 1.82) is 0 Å². The number of benzene rings is 2. The van der Waals surface area contributed by atoms with Gasteiger partial charge in [-0.15, -0.1) is 0 Å². The highest BCUT2D eigenvalue weighted by molar-refractivity contribution is 5.87. The highest BCUT2D eigenvalue weighted by atomic mass is 16.5. The van der Waals surface area contributed by atoms with E-state index in [-0.39, 0.29) is 26.2 Å². The first-order valence-corrected chi connectivity index (χ1v) is 9.92. The number of hydrogen-bond donors (Lipinski definition) is 1. The van der Waals surface area contributed by atoms with Crippen LogP contribution in [0.4, 0.5) is 11.4 Å². The summed E-state index contributed by atoms with van der Waals surface area (Å²) in [5.74, 6) is -1.07. The number of esters is 2. The van der Waals surface area contributed by atoms with E-state index >= 15 is 0 Å². The smallest absolute Gasteiger partial charge is 0.318 e. The van der Waals surface area contributed by atoms with Crippen molar-refractivity contribution in [1.82, 2.24) is 0 Å².